The Morgan fingerprint density at radius 1 is 1.09 bits per heavy atom. The highest BCUT2D eigenvalue weighted by Gasteiger charge is 2.14. The highest BCUT2D eigenvalue weighted by Crippen LogP contribution is 2.25. The van der Waals surface area contributed by atoms with Crippen molar-refractivity contribution in [3.63, 3.8) is 0 Å². The number of carbonyl (C=O) groups excluding carboxylic acids is 1. The molecule has 4 nitrogen and oxygen atoms in total. The van der Waals surface area contributed by atoms with Gasteiger partial charge in [0, 0.05) is 12.6 Å². The Hall–Kier alpha value is -2.49. The van der Waals surface area contributed by atoms with Crippen molar-refractivity contribution in [1.29, 1.82) is 0 Å². The first kappa shape index (κ1) is 15.9. The summed E-state index contributed by atoms with van der Waals surface area (Å²) in [6.45, 7) is 4.49. The standard InChI is InChI=1S/C18H21NO3/c1-13-8-7-11-17(14(13)2)22-12-15-9-5-6-10-16(15)19(3)18(20)21-4/h5-11H,12H2,1-4H3. The topological polar surface area (TPSA) is 38.8 Å². The maximum atomic E-state index is 11.7. The van der Waals surface area contributed by atoms with Crippen LogP contribution in [0.5, 0.6) is 5.75 Å². The summed E-state index contributed by atoms with van der Waals surface area (Å²) >= 11 is 0. The quantitative estimate of drug-likeness (QED) is 0.853. The Bertz CT molecular complexity index is 667. The zero-order valence-corrected chi connectivity index (χ0v) is 13.4. The molecule has 22 heavy (non-hydrogen) atoms. The number of aryl methyl sites for hydroxylation is 1. The Morgan fingerprint density at radius 2 is 1.82 bits per heavy atom. The third kappa shape index (κ3) is 3.39. The van der Waals surface area contributed by atoms with Crippen molar-refractivity contribution < 1.29 is 14.3 Å². The van der Waals surface area contributed by atoms with E-state index >= 15 is 0 Å². The van der Waals surface area contributed by atoms with Gasteiger partial charge in [-0.15, -0.1) is 0 Å². The molecule has 0 spiro atoms. The molecule has 2 rings (SSSR count). The molecular formula is C18H21NO3. The fourth-order valence-corrected chi connectivity index (χ4v) is 2.23. The summed E-state index contributed by atoms with van der Waals surface area (Å²) in [6, 6.07) is 13.6. The van der Waals surface area contributed by atoms with Crippen molar-refractivity contribution in [1.82, 2.24) is 0 Å². The van der Waals surface area contributed by atoms with Crippen LogP contribution in [0.3, 0.4) is 0 Å². The minimum absolute atomic E-state index is 0.391. The van der Waals surface area contributed by atoms with Gasteiger partial charge in [0.2, 0.25) is 0 Å². The molecule has 0 heterocycles. The fraction of sp³-hybridized carbons (Fsp3) is 0.278. The molecular weight excluding hydrogens is 278 g/mol. The third-order valence-corrected chi connectivity index (χ3v) is 3.74. The van der Waals surface area contributed by atoms with Crippen LogP contribution >= 0.6 is 0 Å². The van der Waals surface area contributed by atoms with E-state index in [0.29, 0.717) is 6.61 Å². The number of nitrogens with zero attached hydrogens (tertiary/aromatic N) is 1. The van der Waals surface area contributed by atoms with Crippen LogP contribution < -0.4 is 9.64 Å². The largest absolute Gasteiger partial charge is 0.489 e. The summed E-state index contributed by atoms with van der Waals surface area (Å²) in [4.78, 5) is 13.2. The fourth-order valence-electron chi connectivity index (χ4n) is 2.23. The Labute approximate surface area is 131 Å². The lowest BCUT2D eigenvalue weighted by Gasteiger charge is -2.20. The average molecular weight is 299 g/mol. The van der Waals surface area contributed by atoms with Crippen molar-refractivity contribution in [2.45, 2.75) is 20.5 Å². The van der Waals surface area contributed by atoms with Crippen LogP contribution in [0.15, 0.2) is 42.5 Å². The molecule has 116 valence electrons. The SMILES string of the molecule is COC(=O)N(C)c1ccccc1COc1cccc(C)c1C. The van der Waals surface area contributed by atoms with Gasteiger partial charge in [-0.25, -0.2) is 4.79 Å². The first-order chi connectivity index (χ1) is 10.5. The van der Waals surface area contributed by atoms with Crippen LogP contribution in [-0.2, 0) is 11.3 Å². The van der Waals surface area contributed by atoms with Gasteiger partial charge in [-0.3, -0.25) is 4.90 Å². The van der Waals surface area contributed by atoms with Gasteiger partial charge in [0.25, 0.3) is 0 Å². The van der Waals surface area contributed by atoms with Gasteiger partial charge < -0.3 is 9.47 Å². The van der Waals surface area contributed by atoms with Crippen molar-refractivity contribution in [3.05, 3.63) is 59.2 Å². The molecule has 0 saturated heterocycles. The number of hydrogen-bond acceptors (Lipinski definition) is 3. The molecule has 0 radical (unpaired) electrons. The molecule has 0 saturated carbocycles. The van der Waals surface area contributed by atoms with E-state index in [1.807, 2.05) is 43.3 Å². The molecule has 1 amide bonds. The summed E-state index contributed by atoms with van der Waals surface area (Å²) in [5.74, 6) is 0.857. The van der Waals surface area contributed by atoms with Crippen LogP contribution in [0.2, 0.25) is 0 Å². The molecule has 0 aliphatic carbocycles. The van der Waals surface area contributed by atoms with Crippen molar-refractivity contribution in [3.8, 4) is 5.75 Å². The van der Waals surface area contributed by atoms with Gasteiger partial charge in [-0.1, -0.05) is 30.3 Å². The number of carbonyl (C=O) groups is 1. The van der Waals surface area contributed by atoms with E-state index in [1.54, 1.807) is 7.05 Å². The number of rotatable bonds is 4. The van der Waals surface area contributed by atoms with E-state index in [9.17, 15) is 4.79 Å². The zero-order valence-electron chi connectivity index (χ0n) is 13.4. The molecule has 2 aromatic carbocycles. The summed E-state index contributed by atoms with van der Waals surface area (Å²) in [5.41, 5.74) is 4.02. The van der Waals surface area contributed by atoms with Crippen LogP contribution in [0, 0.1) is 13.8 Å². The first-order valence-corrected chi connectivity index (χ1v) is 7.13. The van der Waals surface area contributed by atoms with Crippen LogP contribution in [0.1, 0.15) is 16.7 Å². The van der Waals surface area contributed by atoms with E-state index in [0.717, 1.165) is 22.6 Å². The number of anilines is 1. The molecule has 0 atom stereocenters. The molecule has 0 fully saturated rings. The molecule has 0 aliphatic heterocycles. The van der Waals surface area contributed by atoms with Crippen molar-refractivity contribution in [2.75, 3.05) is 19.1 Å². The van der Waals surface area contributed by atoms with Gasteiger partial charge in [0.1, 0.15) is 12.4 Å². The van der Waals surface area contributed by atoms with E-state index in [-0.39, 0.29) is 0 Å². The van der Waals surface area contributed by atoms with Crippen LogP contribution in [0.25, 0.3) is 0 Å². The van der Waals surface area contributed by atoms with Gasteiger partial charge in [-0.05, 0) is 37.1 Å². The van der Waals surface area contributed by atoms with E-state index in [4.69, 9.17) is 9.47 Å². The summed E-state index contributed by atoms with van der Waals surface area (Å²) < 4.78 is 10.7. The molecule has 0 aromatic heterocycles. The van der Waals surface area contributed by atoms with E-state index < -0.39 is 6.09 Å². The highest BCUT2D eigenvalue weighted by molar-refractivity contribution is 5.87. The first-order valence-electron chi connectivity index (χ1n) is 7.13. The zero-order chi connectivity index (χ0) is 16.1. The number of amides is 1. The van der Waals surface area contributed by atoms with Crippen molar-refractivity contribution >= 4 is 11.8 Å². The number of para-hydroxylation sites is 1. The third-order valence-electron chi connectivity index (χ3n) is 3.74. The van der Waals surface area contributed by atoms with Gasteiger partial charge >= 0.3 is 6.09 Å². The molecule has 0 N–H and O–H groups in total. The number of ether oxygens (including phenoxy) is 2. The van der Waals surface area contributed by atoms with Crippen LogP contribution in [-0.4, -0.2) is 20.3 Å². The second-order valence-electron chi connectivity index (χ2n) is 5.14. The van der Waals surface area contributed by atoms with Gasteiger partial charge in [-0.2, -0.15) is 0 Å². The predicted molar refractivity (Wildman–Crippen MR) is 87.5 cm³/mol. The predicted octanol–water partition coefficient (Wildman–Crippen LogP) is 4.09. The molecule has 0 bridgehead atoms. The maximum absolute atomic E-state index is 11.7. The van der Waals surface area contributed by atoms with Gasteiger partial charge in [0.15, 0.2) is 0 Å². The lowest BCUT2D eigenvalue weighted by Crippen LogP contribution is -2.27. The summed E-state index contributed by atoms with van der Waals surface area (Å²) in [5, 5.41) is 0. The minimum Gasteiger partial charge on any atom is -0.489 e. The normalized spacial score (nSPS) is 10.2. The minimum atomic E-state index is -0.404. The van der Waals surface area contributed by atoms with E-state index in [2.05, 4.69) is 13.0 Å². The number of hydrogen-bond donors (Lipinski definition) is 0. The Balaban J connectivity index is 2.20. The average Bonchev–Trinajstić information content (AvgIpc) is 2.55. The lowest BCUT2D eigenvalue weighted by atomic mass is 10.1. The second kappa shape index (κ2) is 6.98. The number of methoxy groups -OCH3 is 1. The van der Waals surface area contributed by atoms with Gasteiger partial charge in [0.05, 0.1) is 12.8 Å². The second-order valence-corrected chi connectivity index (χ2v) is 5.14. The van der Waals surface area contributed by atoms with E-state index in [1.165, 1.54) is 17.6 Å². The Morgan fingerprint density at radius 3 is 2.55 bits per heavy atom. The monoisotopic (exact) mass is 299 g/mol. The summed E-state index contributed by atoms with van der Waals surface area (Å²) in [6.07, 6.45) is -0.404. The highest BCUT2D eigenvalue weighted by atomic mass is 16.5. The number of benzene rings is 2. The maximum Gasteiger partial charge on any atom is 0.413 e. The summed E-state index contributed by atoms with van der Waals surface area (Å²) in [7, 11) is 3.05. The lowest BCUT2D eigenvalue weighted by molar-refractivity contribution is 0.180. The molecule has 2 aromatic rings. The molecule has 0 unspecified atom stereocenters. The van der Waals surface area contributed by atoms with Crippen molar-refractivity contribution in [2.24, 2.45) is 0 Å². The smallest absolute Gasteiger partial charge is 0.413 e. The Kier molecular flexibility index (Phi) is 5.04. The van der Waals surface area contributed by atoms with Crippen LogP contribution in [0.4, 0.5) is 10.5 Å². The molecule has 0 aliphatic rings. The molecule has 4 heteroatoms.